The molecule has 3 aromatic carbocycles. The summed E-state index contributed by atoms with van der Waals surface area (Å²) < 4.78 is 0. The van der Waals surface area contributed by atoms with Crippen LogP contribution in [0.4, 0.5) is 11.4 Å². The minimum atomic E-state index is -0.129. The summed E-state index contributed by atoms with van der Waals surface area (Å²) in [5, 5.41) is 10.3. The number of aliphatic imine (C=N–C) groups is 1. The Labute approximate surface area is 174 Å². The Morgan fingerprint density at radius 2 is 1.66 bits per heavy atom. The molecule has 1 aliphatic rings. The molecule has 1 amide bonds. The topological polar surface area (TPSA) is 52.9 Å². The Morgan fingerprint density at radius 3 is 2.38 bits per heavy atom. The molecule has 0 bridgehead atoms. The van der Waals surface area contributed by atoms with Gasteiger partial charge in [0.15, 0.2) is 5.17 Å². The van der Waals surface area contributed by atoms with Crippen molar-refractivity contribution in [2.24, 2.45) is 4.99 Å². The number of carbonyl (C=O) groups is 1. The molecule has 0 radical (unpaired) electrons. The third-order valence-corrected chi connectivity index (χ3v) is 5.43. The standard InChI is InChI=1S/C24H20N2O2S/c1-16-6-3-9-19(12-16)25-24-26(20-10-4-7-17(2)13-20)23(28)22(29-24)15-18-8-5-11-21(27)14-18/h3-15,27H,1-2H3. The van der Waals surface area contributed by atoms with Gasteiger partial charge in [0.25, 0.3) is 5.91 Å². The lowest BCUT2D eigenvalue weighted by Gasteiger charge is -2.16. The Kier molecular flexibility index (Phi) is 5.23. The number of phenols is 1. The Morgan fingerprint density at radius 1 is 0.931 bits per heavy atom. The van der Waals surface area contributed by atoms with E-state index in [0.717, 1.165) is 28.1 Å². The molecule has 1 saturated heterocycles. The van der Waals surface area contributed by atoms with Crippen molar-refractivity contribution in [2.75, 3.05) is 4.90 Å². The fraction of sp³-hybridized carbons (Fsp3) is 0.0833. The lowest BCUT2D eigenvalue weighted by atomic mass is 10.2. The number of carbonyl (C=O) groups excluding carboxylic acids is 1. The second-order valence-corrected chi connectivity index (χ2v) is 7.93. The van der Waals surface area contributed by atoms with E-state index in [4.69, 9.17) is 4.99 Å². The van der Waals surface area contributed by atoms with Gasteiger partial charge in [0, 0.05) is 0 Å². The van der Waals surface area contributed by atoms with Crippen LogP contribution in [-0.4, -0.2) is 16.2 Å². The molecule has 29 heavy (non-hydrogen) atoms. The van der Waals surface area contributed by atoms with Crippen molar-refractivity contribution in [3.05, 3.63) is 94.4 Å². The minimum Gasteiger partial charge on any atom is -0.508 e. The van der Waals surface area contributed by atoms with Gasteiger partial charge in [-0.25, -0.2) is 4.99 Å². The quantitative estimate of drug-likeness (QED) is 0.564. The molecule has 0 atom stereocenters. The van der Waals surface area contributed by atoms with Crippen LogP contribution in [0.25, 0.3) is 6.08 Å². The number of aromatic hydroxyl groups is 1. The van der Waals surface area contributed by atoms with E-state index in [2.05, 4.69) is 0 Å². The normalized spacial score (nSPS) is 16.8. The summed E-state index contributed by atoms with van der Waals surface area (Å²) >= 11 is 1.33. The molecule has 0 unspecified atom stereocenters. The summed E-state index contributed by atoms with van der Waals surface area (Å²) in [6, 6.07) is 22.6. The molecular formula is C24H20N2O2S. The lowest BCUT2D eigenvalue weighted by molar-refractivity contribution is -0.113. The third-order valence-electron chi connectivity index (χ3n) is 4.46. The van der Waals surface area contributed by atoms with Crippen molar-refractivity contribution in [2.45, 2.75) is 13.8 Å². The number of hydrogen-bond acceptors (Lipinski definition) is 4. The summed E-state index contributed by atoms with van der Waals surface area (Å²) in [5.41, 5.74) is 4.53. The molecule has 0 aliphatic carbocycles. The van der Waals surface area contributed by atoms with Gasteiger partial charge in [-0.15, -0.1) is 0 Å². The second kappa shape index (κ2) is 7.97. The number of rotatable bonds is 3. The average molecular weight is 401 g/mol. The van der Waals surface area contributed by atoms with Gasteiger partial charge in [-0.3, -0.25) is 9.69 Å². The van der Waals surface area contributed by atoms with E-state index in [1.54, 1.807) is 29.2 Å². The SMILES string of the molecule is Cc1cccc(N=C2SC(=Cc3cccc(O)c3)C(=O)N2c2cccc(C)c2)c1. The van der Waals surface area contributed by atoms with Crippen LogP contribution >= 0.6 is 11.8 Å². The minimum absolute atomic E-state index is 0.129. The van der Waals surface area contributed by atoms with E-state index < -0.39 is 0 Å². The predicted octanol–water partition coefficient (Wildman–Crippen LogP) is 5.82. The molecule has 0 aromatic heterocycles. The van der Waals surface area contributed by atoms with Crippen LogP contribution in [0.2, 0.25) is 0 Å². The van der Waals surface area contributed by atoms with Crippen LogP contribution < -0.4 is 4.90 Å². The van der Waals surface area contributed by atoms with E-state index >= 15 is 0 Å². The summed E-state index contributed by atoms with van der Waals surface area (Å²) in [7, 11) is 0. The van der Waals surface area contributed by atoms with Gasteiger partial charge in [0.1, 0.15) is 5.75 Å². The van der Waals surface area contributed by atoms with E-state index in [1.165, 1.54) is 11.8 Å². The molecule has 1 N–H and O–H groups in total. The molecule has 1 heterocycles. The third kappa shape index (κ3) is 4.25. The summed E-state index contributed by atoms with van der Waals surface area (Å²) in [4.78, 5) is 20.2. The van der Waals surface area contributed by atoms with Gasteiger partial charge in [-0.1, -0.05) is 36.4 Å². The van der Waals surface area contributed by atoms with E-state index in [0.29, 0.717) is 10.1 Å². The van der Waals surface area contributed by atoms with Crippen molar-refractivity contribution in [3.8, 4) is 5.75 Å². The molecule has 4 nitrogen and oxygen atoms in total. The second-order valence-electron chi connectivity index (χ2n) is 6.92. The molecule has 1 aliphatic heterocycles. The van der Waals surface area contributed by atoms with Crippen molar-refractivity contribution < 1.29 is 9.90 Å². The van der Waals surface area contributed by atoms with Crippen LogP contribution in [-0.2, 0) is 4.79 Å². The monoisotopic (exact) mass is 400 g/mol. The number of phenolic OH excluding ortho intramolecular Hbond substituents is 1. The van der Waals surface area contributed by atoms with Gasteiger partial charge >= 0.3 is 0 Å². The highest BCUT2D eigenvalue weighted by Gasteiger charge is 2.34. The lowest BCUT2D eigenvalue weighted by Crippen LogP contribution is -2.28. The van der Waals surface area contributed by atoms with Crippen molar-refractivity contribution in [1.29, 1.82) is 0 Å². The van der Waals surface area contributed by atoms with Gasteiger partial charge in [0.2, 0.25) is 0 Å². The zero-order valence-corrected chi connectivity index (χ0v) is 17.0. The molecule has 3 aromatic rings. The largest absolute Gasteiger partial charge is 0.508 e. The zero-order valence-electron chi connectivity index (χ0n) is 16.2. The van der Waals surface area contributed by atoms with Crippen molar-refractivity contribution in [3.63, 3.8) is 0 Å². The van der Waals surface area contributed by atoms with Crippen molar-refractivity contribution >= 4 is 40.3 Å². The number of anilines is 1. The van der Waals surface area contributed by atoms with Crippen molar-refractivity contribution in [1.82, 2.24) is 0 Å². The number of hydrogen-bond donors (Lipinski definition) is 1. The zero-order chi connectivity index (χ0) is 20.4. The van der Waals surface area contributed by atoms with Gasteiger partial charge in [-0.2, -0.15) is 0 Å². The van der Waals surface area contributed by atoms with Crippen LogP contribution in [0.1, 0.15) is 16.7 Å². The van der Waals surface area contributed by atoms with E-state index in [1.807, 2.05) is 68.4 Å². The smallest absolute Gasteiger partial charge is 0.271 e. The number of amides is 1. The summed E-state index contributed by atoms with van der Waals surface area (Å²) in [6.07, 6.45) is 1.79. The molecule has 144 valence electrons. The Hall–Kier alpha value is -3.31. The van der Waals surface area contributed by atoms with E-state index in [9.17, 15) is 9.90 Å². The number of aryl methyl sites for hydroxylation is 2. The molecule has 0 spiro atoms. The van der Waals surface area contributed by atoms with E-state index in [-0.39, 0.29) is 11.7 Å². The predicted molar refractivity (Wildman–Crippen MR) is 121 cm³/mol. The maximum Gasteiger partial charge on any atom is 0.271 e. The van der Waals surface area contributed by atoms with Crippen LogP contribution in [0.5, 0.6) is 5.75 Å². The average Bonchev–Trinajstić information content (AvgIpc) is 2.97. The summed E-state index contributed by atoms with van der Waals surface area (Å²) in [6.45, 7) is 4.01. The fourth-order valence-electron chi connectivity index (χ4n) is 3.12. The number of nitrogens with zero attached hydrogens (tertiary/aromatic N) is 2. The van der Waals surface area contributed by atoms with Gasteiger partial charge in [0.05, 0.1) is 16.3 Å². The molecular weight excluding hydrogens is 380 g/mol. The number of benzene rings is 3. The van der Waals surface area contributed by atoms with Crippen LogP contribution in [0, 0.1) is 13.8 Å². The number of amidine groups is 1. The first kappa shape index (κ1) is 19.0. The van der Waals surface area contributed by atoms with Crippen LogP contribution in [0.15, 0.2) is 82.7 Å². The molecule has 5 heteroatoms. The highest BCUT2D eigenvalue weighted by atomic mass is 32.2. The number of thioether (sulfide) groups is 1. The first-order chi connectivity index (χ1) is 14.0. The fourth-order valence-corrected chi connectivity index (χ4v) is 4.12. The first-order valence-electron chi connectivity index (χ1n) is 9.25. The molecule has 4 rings (SSSR count). The Bertz CT molecular complexity index is 1150. The Balaban J connectivity index is 1.80. The highest BCUT2D eigenvalue weighted by molar-refractivity contribution is 8.19. The summed E-state index contributed by atoms with van der Waals surface area (Å²) in [5.74, 6) is 0.0364. The van der Waals surface area contributed by atoms with Gasteiger partial charge in [-0.05, 0) is 84.8 Å². The first-order valence-corrected chi connectivity index (χ1v) is 10.1. The highest BCUT2D eigenvalue weighted by Crippen LogP contribution is 2.37. The molecule has 0 saturated carbocycles. The maximum atomic E-state index is 13.3. The molecule has 1 fully saturated rings. The maximum absolute atomic E-state index is 13.3. The van der Waals surface area contributed by atoms with Crippen LogP contribution in [0.3, 0.4) is 0 Å². The van der Waals surface area contributed by atoms with Gasteiger partial charge < -0.3 is 5.11 Å².